The molecule has 0 saturated carbocycles. The van der Waals surface area contributed by atoms with Crippen molar-refractivity contribution in [1.29, 1.82) is 0 Å². The van der Waals surface area contributed by atoms with Crippen molar-refractivity contribution in [2.24, 2.45) is 5.92 Å². The first-order valence-corrected chi connectivity index (χ1v) is 6.26. The number of nitrogens with one attached hydrogen (secondary N) is 1. The highest BCUT2D eigenvalue weighted by Crippen LogP contribution is 2.22. The van der Waals surface area contributed by atoms with Crippen LogP contribution in [0, 0.1) is 5.92 Å². The minimum atomic E-state index is 0.463. The van der Waals surface area contributed by atoms with Crippen molar-refractivity contribution in [2.75, 3.05) is 18.8 Å². The molecule has 3 heterocycles. The summed E-state index contributed by atoms with van der Waals surface area (Å²) in [7, 11) is 0. The van der Waals surface area contributed by atoms with Crippen LogP contribution in [0.4, 0.5) is 5.82 Å². The van der Waals surface area contributed by atoms with Gasteiger partial charge < -0.3 is 15.6 Å². The van der Waals surface area contributed by atoms with Crippen LogP contribution in [-0.4, -0.2) is 27.6 Å². The summed E-state index contributed by atoms with van der Waals surface area (Å²) in [6.07, 6.45) is 6.16. The molecule has 0 spiro atoms. The molecule has 0 unspecified atom stereocenters. The van der Waals surface area contributed by atoms with E-state index in [-0.39, 0.29) is 0 Å². The van der Waals surface area contributed by atoms with Gasteiger partial charge in [-0.3, -0.25) is 0 Å². The Morgan fingerprint density at radius 1 is 1.44 bits per heavy atom. The van der Waals surface area contributed by atoms with Gasteiger partial charge >= 0.3 is 0 Å². The van der Waals surface area contributed by atoms with E-state index in [1.54, 1.807) is 12.4 Å². The summed E-state index contributed by atoms with van der Waals surface area (Å²) >= 11 is 5.97. The van der Waals surface area contributed by atoms with E-state index in [1.165, 1.54) is 0 Å². The third-order valence-corrected chi connectivity index (χ3v) is 3.38. The van der Waals surface area contributed by atoms with Crippen LogP contribution in [0.2, 0.25) is 5.02 Å². The molecule has 0 amide bonds. The summed E-state index contributed by atoms with van der Waals surface area (Å²) in [5, 5.41) is 3.83. The van der Waals surface area contributed by atoms with Gasteiger partial charge in [-0.05, 0) is 25.1 Å². The minimum absolute atomic E-state index is 0.463. The summed E-state index contributed by atoms with van der Waals surface area (Å²) in [4.78, 5) is 8.47. The molecule has 2 aromatic heterocycles. The molecule has 0 atom stereocenters. The molecule has 1 aliphatic heterocycles. The lowest BCUT2D eigenvalue weighted by atomic mass is 9.99. The van der Waals surface area contributed by atoms with E-state index in [0.717, 1.165) is 31.0 Å². The zero-order valence-corrected chi connectivity index (χ0v) is 10.6. The quantitative estimate of drug-likeness (QED) is 0.875. The fourth-order valence-electron chi connectivity index (χ4n) is 2.09. The first-order chi connectivity index (χ1) is 8.74. The van der Waals surface area contributed by atoms with E-state index in [2.05, 4.69) is 15.3 Å². The van der Waals surface area contributed by atoms with Crippen LogP contribution in [0.5, 0.6) is 0 Å². The Bertz CT molecular complexity index is 561. The summed E-state index contributed by atoms with van der Waals surface area (Å²) in [6.45, 7) is 2.10. The van der Waals surface area contributed by atoms with Gasteiger partial charge in [0.05, 0.1) is 10.7 Å². The zero-order valence-electron chi connectivity index (χ0n) is 9.81. The third-order valence-electron chi connectivity index (χ3n) is 3.18. The highest BCUT2D eigenvalue weighted by Gasteiger charge is 2.20. The second-order valence-electron chi connectivity index (χ2n) is 4.50. The fourth-order valence-corrected chi connectivity index (χ4v) is 2.24. The molecule has 2 aromatic rings. The number of halogens is 1. The Kier molecular flexibility index (Phi) is 2.93. The second-order valence-corrected chi connectivity index (χ2v) is 4.94. The van der Waals surface area contributed by atoms with Crippen molar-refractivity contribution >= 4 is 17.4 Å². The van der Waals surface area contributed by atoms with Crippen molar-refractivity contribution in [3.63, 3.8) is 0 Å². The second kappa shape index (κ2) is 4.59. The third kappa shape index (κ3) is 2.07. The average Bonchev–Trinajstić information content (AvgIpc) is 2.75. The number of nitrogens with two attached hydrogens (primary N) is 1. The smallest absolute Gasteiger partial charge is 0.147 e. The van der Waals surface area contributed by atoms with Crippen LogP contribution < -0.4 is 11.1 Å². The van der Waals surface area contributed by atoms with E-state index in [1.807, 2.05) is 16.8 Å². The van der Waals surface area contributed by atoms with Crippen LogP contribution in [0.15, 0.2) is 24.7 Å². The monoisotopic (exact) mass is 263 g/mol. The highest BCUT2D eigenvalue weighted by atomic mass is 35.5. The number of rotatable bonds is 3. The van der Waals surface area contributed by atoms with Crippen molar-refractivity contribution in [3.8, 4) is 5.69 Å². The number of aromatic nitrogens is 3. The van der Waals surface area contributed by atoms with Gasteiger partial charge in [-0.25, -0.2) is 9.97 Å². The van der Waals surface area contributed by atoms with Gasteiger partial charge in [0.1, 0.15) is 11.6 Å². The Morgan fingerprint density at radius 2 is 2.28 bits per heavy atom. The van der Waals surface area contributed by atoms with Crippen molar-refractivity contribution < 1.29 is 0 Å². The summed E-state index contributed by atoms with van der Waals surface area (Å²) in [5.41, 5.74) is 6.69. The molecule has 0 aliphatic carbocycles. The molecule has 94 valence electrons. The molecule has 3 rings (SSSR count). The predicted molar refractivity (Wildman–Crippen MR) is 70.8 cm³/mol. The number of nitrogens with zero attached hydrogens (tertiary/aromatic N) is 3. The molecule has 1 fully saturated rings. The maximum atomic E-state index is 5.97. The van der Waals surface area contributed by atoms with Gasteiger partial charge in [-0.15, -0.1) is 0 Å². The highest BCUT2D eigenvalue weighted by molar-refractivity contribution is 6.30. The van der Waals surface area contributed by atoms with Gasteiger partial charge in [0.15, 0.2) is 0 Å². The topological polar surface area (TPSA) is 68.8 Å². The van der Waals surface area contributed by atoms with Gasteiger partial charge in [-0.1, -0.05) is 11.6 Å². The Hall–Kier alpha value is -1.59. The summed E-state index contributed by atoms with van der Waals surface area (Å²) in [5.74, 6) is 2.11. The predicted octanol–water partition coefficient (Wildman–Crippen LogP) is 1.26. The molecule has 5 nitrogen and oxygen atoms in total. The van der Waals surface area contributed by atoms with E-state index in [0.29, 0.717) is 16.8 Å². The molecule has 0 aromatic carbocycles. The molecule has 1 aliphatic rings. The van der Waals surface area contributed by atoms with Crippen LogP contribution in [0.1, 0.15) is 5.82 Å². The Labute approximate surface area is 110 Å². The van der Waals surface area contributed by atoms with Gasteiger partial charge in [-0.2, -0.15) is 0 Å². The lowest BCUT2D eigenvalue weighted by molar-refractivity contribution is 0.340. The SMILES string of the molecule is Nc1ncc(Cl)cc1-n1ccnc1CC1CNC1. The van der Waals surface area contributed by atoms with Crippen LogP contribution >= 0.6 is 11.6 Å². The molecule has 18 heavy (non-hydrogen) atoms. The lowest BCUT2D eigenvalue weighted by Gasteiger charge is -2.26. The maximum absolute atomic E-state index is 5.97. The number of nitrogen functional groups attached to an aromatic ring is 1. The van der Waals surface area contributed by atoms with Gasteiger partial charge in [0.25, 0.3) is 0 Å². The minimum Gasteiger partial charge on any atom is -0.382 e. The van der Waals surface area contributed by atoms with Gasteiger partial charge in [0, 0.05) is 25.0 Å². The summed E-state index contributed by atoms with van der Waals surface area (Å²) in [6, 6.07) is 1.81. The van der Waals surface area contributed by atoms with E-state index < -0.39 is 0 Å². The number of hydrogen-bond donors (Lipinski definition) is 2. The van der Waals surface area contributed by atoms with Crippen molar-refractivity contribution in [3.05, 3.63) is 35.5 Å². The molecular formula is C12H14ClN5. The van der Waals surface area contributed by atoms with Crippen LogP contribution in [0.3, 0.4) is 0 Å². The van der Waals surface area contributed by atoms with Crippen LogP contribution in [0.25, 0.3) is 5.69 Å². The Balaban J connectivity index is 1.95. The maximum Gasteiger partial charge on any atom is 0.147 e. The van der Waals surface area contributed by atoms with E-state index >= 15 is 0 Å². The normalized spacial score (nSPS) is 15.6. The van der Waals surface area contributed by atoms with Crippen molar-refractivity contribution in [1.82, 2.24) is 19.9 Å². The number of pyridine rings is 1. The standard InChI is InChI=1S/C12H14ClN5/c13-9-4-10(12(14)17-7-9)18-2-1-16-11(18)3-8-5-15-6-8/h1-2,4,7-8,15H,3,5-6H2,(H2,14,17). The zero-order chi connectivity index (χ0) is 12.5. The van der Waals surface area contributed by atoms with Gasteiger partial charge in [0.2, 0.25) is 0 Å². The number of imidazole rings is 1. The largest absolute Gasteiger partial charge is 0.382 e. The summed E-state index contributed by atoms with van der Waals surface area (Å²) < 4.78 is 1.96. The van der Waals surface area contributed by atoms with E-state index in [4.69, 9.17) is 17.3 Å². The number of hydrogen-bond acceptors (Lipinski definition) is 4. The van der Waals surface area contributed by atoms with E-state index in [9.17, 15) is 0 Å². The Morgan fingerprint density at radius 3 is 3.00 bits per heavy atom. The molecule has 6 heteroatoms. The molecule has 0 bridgehead atoms. The molecule has 3 N–H and O–H groups in total. The first-order valence-electron chi connectivity index (χ1n) is 5.88. The average molecular weight is 264 g/mol. The first kappa shape index (κ1) is 11.5. The molecule has 1 saturated heterocycles. The molecule has 0 radical (unpaired) electrons. The van der Waals surface area contributed by atoms with Crippen LogP contribution in [-0.2, 0) is 6.42 Å². The lowest BCUT2D eigenvalue weighted by Crippen LogP contribution is -2.43. The number of anilines is 1. The fraction of sp³-hybridized carbons (Fsp3) is 0.333. The van der Waals surface area contributed by atoms with Crippen molar-refractivity contribution in [2.45, 2.75) is 6.42 Å². The molecular weight excluding hydrogens is 250 g/mol.